The van der Waals surface area contributed by atoms with Crippen molar-refractivity contribution in [3.05, 3.63) is 29.8 Å². The van der Waals surface area contributed by atoms with E-state index in [1.165, 1.54) is 0 Å². The molecule has 23 heavy (non-hydrogen) atoms. The summed E-state index contributed by atoms with van der Waals surface area (Å²) in [4.78, 5) is 25.9. The number of hydrogen-bond donors (Lipinski definition) is 2. The highest BCUT2D eigenvalue weighted by Gasteiger charge is 2.23. The van der Waals surface area contributed by atoms with Crippen LogP contribution in [0.25, 0.3) is 0 Å². The summed E-state index contributed by atoms with van der Waals surface area (Å²) in [6, 6.07) is 7.16. The third-order valence-electron chi connectivity index (χ3n) is 4.67. The molecule has 1 aromatic rings. The lowest BCUT2D eigenvalue weighted by atomic mass is 9.98. The average molecular weight is 317 g/mol. The number of rotatable bonds is 6. The summed E-state index contributed by atoms with van der Waals surface area (Å²) in [5.74, 6) is 0.183. The lowest BCUT2D eigenvalue weighted by Gasteiger charge is -2.22. The smallest absolute Gasteiger partial charge is 0.237 e. The molecule has 5 heteroatoms. The fourth-order valence-electron chi connectivity index (χ4n) is 2.79. The normalized spacial score (nSPS) is 18.6. The Kier molecular flexibility index (Phi) is 5.77. The third-order valence-corrected chi connectivity index (χ3v) is 4.67. The van der Waals surface area contributed by atoms with Crippen molar-refractivity contribution in [2.75, 3.05) is 11.4 Å². The number of nitrogens with one attached hydrogen (secondary N) is 1. The van der Waals surface area contributed by atoms with Gasteiger partial charge in [0, 0.05) is 18.7 Å². The average Bonchev–Trinajstić information content (AvgIpc) is 2.99. The molecule has 5 nitrogen and oxygen atoms in total. The van der Waals surface area contributed by atoms with Crippen molar-refractivity contribution in [2.24, 2.45) is 11.7 Å². The molecule has 1 heterocycles. The highest BCUT2D eigenvalue weighted by molar-refractivity contribution is 5.95. The van der Waals surface area contributed by atoms with E-state index in [-0.39, 0.29) is 23.8 Å². The van der Waals surface area contributed by atoms with Crippen molar-refractivity contribution in [2.45, 2.75) is 52.1 Å². The van der Waals surface area contributed by atoms with Crippen molar-refractivity contribution in [1.82, 2.24) is 5.32 Å². The highest BCUT2D eigenvalue weighted by atomic mass is 16.2. The van der Waals surface area contributed by atoms with E-state index in [0.717, 1.165) is 30.6 Å². The van der Waals surface area contributed by atoms with Gasteiger partial charge in [0.1, 0.15) is 0 Å². The van der Waals surface area contributed by atoms with Gasteiger partial charge in [0.15, 0.2) is 0 Å². The van der Waals surface area contributed by atoms with Crippen LogP contribution in [0.4, 0.5) is 5.69 Å². The molecule has 0 aliphatic carbocycles. The first-order valence-corrected chi connectivity index (χ1v) is 8.40. The van der Waals surface area contributed by atoms with Gasteiger partial charge < -0.3 is 16.0 Å². The molecule has 1 fully saturated rings. The number of benzene rings is 1. The van der Waals surface area contributed by atoms with E-state index in [2.05, 4.69) is 5.32 Å². The number of hydrogen-bond acceptors (Lipinski definition) is 3. The molecule has 3 atom stereocenters. The van der Waals surface area contributed by atoms with Gasteiger partial charge in [-0.15, -0.1) is 0 Å². The van der Waals surface area contributed by atoms with Crippen LogP contribution in [-0.4, -0.2) is 24.4 Å². The zero-order chi connectivity index (χ0) is 17.0. The molecule has 1 aliphatic heterocycles. The predicted octanol–water partition coefficient (Wildman–Crippen LogP) is 2.36. The van der Waals surface area contributed by atoms with Gasteiger partial charge in [-0.2, -0.15) is 0 Å². The van der Waals surface area contributed by atoms with Crippen LogP contribution in [-0.2, 0) is 9.59 Å². The molecule has 0 saturated carbocycles. The second-order valence-corrected chi connectivity index (χ2v) is 6.39. The number of carbonyl (C=O) groups excluding carboxylic acids is 2. The monoisotopic (exact) mass is 317 g/mol. The predicted molar refractivity (Wildman–Crippen MR) is 92.0 cm³/mol. The van der Waals surface area contributed by atoms with Crippen LogP contribution in [0.5, 0.6) is 0 Å². The fourth-order valence-corrected chi connectivity index (χ4v) is 2.79. The molecule has 3 N–H and O–H groups in total. The van der Waals surface area contributed by atoms with E-state index in [1.54, 1.807) is 0 Å². The Labute approximate surface area is 138 Å². The van der Waals surface area contributed by atoms with Crippen molar-refractivity contribution >= 4 is 17.5 Å². The SMILES string of the molecule is CCC(C)C(N)C(=O)NC(C)c1cccc(N2CCCC2=O)c1. The van der Waals surface area contributed by atoms with Gasteiger partial charge in [-0.05, 0) is 37.0 Å². The van der Waals surface area contributed by atoms with Crippen LogP contribution in [0.3, 0.4) is 0 Å². The van der Waals surface area contributed by atoms with E-state index in [1.807, 2.05) is 49.9 Å². The van der Waals surface area contributed by atoms with E-state index in [0.29, 0.717) is 6.42 Å². The molecule has 1 aromatic carbocycles. The van der Waals surface area contributed by atoms with Crippen molar-refractivity contribution < 1.29 is 9.59 Å². The summed E-state index contributed by atoms with van der Waals surface area (Å²) in [7, 11) is 0. The van der Waals surface area contributed by atoms with Crippen LogP contribution in [0, 0.1) is 5.92 Å². The minimum atomic E-state index is -0.495. The van der Waals surface area contributed by atoms with Gasteiger partial charge in [-0.3, -0.25) is 9.59 Å². The minimum Gasteiger partial charge on any atom is -0.348 e. The van der Waals surface area contributed by atoms with Crippen LogP contribution in [0.2, 0.25) is 0 Å². The number of nitrogens with zero attached hydrogens (tertiary/aromatic N) is 1. The molecule has 3 unspecified atom stereocenters. The first-order chi connectivity index (χ1) is 10.9. The fraction of sp³-hybridized carbons (Fsp3) is 0.556. The molecule has 2 rings (SSSR count). The first-order valence-electron chi connectivity index (χ1n) is 8.40. The summed E-state index contributed by atoms with van der Waals surface area (Å²) in [5, 5.41) is 2.97. The number of carbonyl (C=O) groups is 2. The van der Waals surface area contributed by atoms with Crippen molar-refractivity contribution in [1.29, 1.82) is 0 Å². The second kappa shape index (κ2) is 7.59. The van der Waals surface area contributed by atoms with Crippen LogP contribution in [0.1, 0.15) is 51.6 Å². The summed E-state index contributed by atoms with van der Waals surface area (Å²) >= 11 is 0. The molecule has 2 amide bonds. The van der Waals surface area contributed by atoms with Crippen molar-refractivity contribution in [3.8, 4) is 0 Å². The van der Waals surface area contributed by atoms with Gasteiger partial charge in [-0.1, -0.05) is 32.4 Å². The number of amides is 2. The van der Waals surface area contributed by atoms with E-state index < -0.39 is 6.04 Å². The lowest BCUT2D eigenvalue weighted by molar-refractivity contribution is -0.124. The van der Waals surface area contributed by atoms with E-state index in [9.17, 15) is 9.59 Å². The summed E-state index contributed by atoms with van der Waals surface area (Å²) in [5.41, 5.74) is 7.86. The minimum absolute atomic E-state index is 0.130. The summed E-state index contributed by atoms with van der Waals surface area (Å²) in [6.45, 7) is 6.71. The quantitative estimate of drug-likeness (QED) is 0.846. The molecule has 0 radical (unpaired) electrons. The van der Waals surface area contributed by atoms with Crippen molar-refractivity contribution in [3.63, 3.8) is 0 Å². The zero-order valence-corrected chi connectivity index (χ0v) is 14.2. The Balaban J connectivity index is 2.06. The maximum atomic E-state index is 12.2. The molecule has 126 valence electrons. The second-order valence-electron chi connectivity index (χ2n) is 6.39. The largest absolute Gasteiger partial charge is 0.348 e. The summed E-state index contributed by atoms with van der Waals surface area (Å²) < 4.78 is 0. The zero-order valence-electron chi connectivity index (χ0n) is 14.2. The molecule has 0 spiro atoms. The lowest BCUT2D eigenvalue weighted by Crippen LogP contribution is -2.45. The molecule has 0 aromatic heterocycles. The Hall–Kier alpha value is -1.88. The van der Waals surface area contributed by atoms with Gasteiger partial charge in [0.25, 0.3) is 0 Å². The van der Waals surface area contributed by atoms with Crippen LogP contribution >= 0.6 is 0 Å². The molecular formula is C18H27N3O2. The van der Waals surface area contributed by atoms with Gasteiger partial charge in [0.05, 0.1) is 12.1 Å². The number of anilines is 1. The Morgan fingerprint density at radius 2 is 2.13 bits per heavy atom. The summed E-state index contributed by atoms with van der Waals surface area (Å²) in [6.07, 6.45) is 2.38. The topological polar surface area (TPSA) is 75.4 Å². The molecule has 1 aliphatic rings. The van der Waals surface area contributed by atoms with Crippen LogP contribution < -0.4 is 16.0 Å². The maximum Gasteiger partial charge on any atom is 0.237 e. The Bertz CT molecular complexity index is 573. The standard InChI is InChI=1S/C18H27N3O2/c1-4-12(2)17(19)18(23)20-13(3)14-7-5-8-15(11-14)21-10-6-9-16(21)22/h5,7-8,11-13,17H,4,6,9-10,19H2,1-3H3,(H,20,23). The van der Waals surface area contributed by atoms with E-state index in [4.69, 9.17) is 5.73 Å². The third kappa shape index (κ3) is 4.10. The first kappa shape index (κ1) is 17.5. The highest BCUT2D eigenvalue weighted by Crippen LogP contribution is 2.24. The van der Waals surface area contributed by atoms with Gasteiger partial charge in [-0.25, -0.2) is 0 Å². The maximum absolute atomic E-state index is 12.2. The molecule has 1 saturated heterocycles. The Morgan fingerprint density at radius 3 is 2.74 bits per heavy atom. The van der Waals surface area contributed by atoms with Crippen LogP contribution in [0.15, 0.2) is 24.3 Å². The van der Waals surface area contributed by atoms with Gasteiger partial charge >= 0.3 is 0 Å². The van der Waals surface area contributed by atoms with E-state index >= 15 is 0 Å². The molecule has 0 bridgehead atoms. The molecular weight excluding hydrogens is 290 g/mol. The van der Waals surface area contributed by atoms with Gasteiger partial charge in [0.2, 0.25) is 11.8 Å². The Morgan fingerprint density at radius 1 is 1.39 bits per heavy atom. The number of nitrogens with two attached hydrogens (primary N) is 1.